The molecule has 3 aromatic rings. The molecular formula is C30H32N2O7. The zero-order chi connectivity index (χ0) is 27.8. The van der Waals surface area contributed by atoms with Crippen LogP contribution in [0.2, 0.25) is 0 Å². The molecule has 9 heteroatoms. The van der Waals surface area contributed by atoms with Crippen LogP contribution in [-0.4, -0.2) is 65.6 Å². The fourth-order valence-corrected chi connectivity index (χ4v) is 4.41. The molecule has 39 heavy (non-hydrogen) atoms. The maximum atomic E-state index is 13.7. The highest BCUT2D eigenvalue weighted by Crippen LogP contribution is 2.28. The van der Waals surface area contributed by atoms with E-state index in [1.807, 2.05) is 30.3 Å². The molecule has 1 fully saturated rings. The van der Waals surface area contributed by atoms with E-state index >= 15 is 0 Å². The van der Waals surface area contributed by atoms with E-state index in [2.05, 4.69) is 0 Å². The number of nitrogens with zero attached hydrogens (tertiary/aromatic N) is 2. The standard InChI is InChI=1S/C30H32N2O7/c1-37-25-12-8-22(9-13-25)18-31-20-28(34)32(19-23-10-14-26(38-2)15-11-23)30(36,29(31)35)27(33)16-17-39-21-24-6-4-3-5-7-24/h3-15,36H,16-21H2,1-2H3. The second-order valence-corrected chi connectivity index (χ2v) is 9.22. The molecule has 0 bridgehead atoms. The number of carbonyl (C=O) groups excluding carboxylic acids is 3. The molecule has 1 heterocycles. The van der Waals surface area contributed by atoms with E-state index in [0.29, 0.717) is 17.1 Å². The van der Waals surface area contributed by atoms with Crippen LogP contribution in [0.1, 0.15) is 23.1 Å². The normalized spacial score (nSPS) is 17.3. The average molecular weight is 533 g/mol. The van der Waals surface area contributed by atoms with Crippen molar-refractivity contribution in [3.63, 3.8) is 0 Å². The molecule has 204 valence electrons. The van der Waals surface area contributed by atoms with Gasteiger partial charge in [-0.15, -0.1) is 0 Å². The summed E-state index contributed by atoms with van der Waals surface area (Å²) in [5.74, 6) is -0.929. The first-order valence-corrected chi connectivity index (χ1v) is 12.6. The number of rotatable bonds is 12. The monoisotopic (exact) mass is 532 g/mol. The lowest BCUT2D eigenvalue weighted by molar-refractivity contribution is -0.198. The molecule has 9 nitrogen and oxygen atoms in total. The number of benzene rings is 3. The third kappa shape index (κ3) is 6.45. The lowest BCUT2D eigenvalue weighted by Gasteiger charge is -2.44. The molecule has 1 unspecified atom stereocenters. The van der Waals surface area contributed by atoms with Gasteiger partial charge in [-0.2, -0.15) is 0 Å². The number of hydrogen-bond donors (Lipinski definition) is 1. The van der Waals surface area contributed by atoms with Gasteiger partial charge < -0.3 is 24.2 Å². The molecule has 0 aliphatic carbocycles. The van der Waals surface area contributed by atoms with Crippen LogP contribution in [0.4, 0.5) is 0 Å². The number of methoxy groups -OCH3 is 2. The largest absolute Gasteiger partial charge is 0.497 e. The van der Waals surface area contributed by atoms with Crippen molar-refractivity contribution in [1.29, 1.82) is 0 Å². The maximum Gasteiger partial charge on any atom is 0.285 e. The Kier molecular flexibility index (Phi) is 8.96. The smallest absolute Gasteiger partial charge is 0.285 e. The number of piperazine rings is 1. The quantitative estimate of drug-likeness (QED) is 0.282. The molecule has 1 atom stereocenters. The fourth-order valence-electron chi connectivity index (χ4n) is 4.41. The first-order valence-electron chi connectivity index (χ1n) is 12.6. The minimum atomic E-state index is -2.67. The Balaban J connectivity index is 1.54. The van der Waals surface area contributed by atoms with E-state index in [-0.39, 0.29) is 39.3 Å². The van der Waals surface area contributed by atoms with Gasteiger partial charge in [0, 0.05) is 19.5 Å². The number of ketones is 1. The Bertz CT molecular complexity index is 1280. The van der Waals surface area contributed by atoms with Crippen LogP contribution in [0.5, 0.6) is 11.5 Å². The summed E-state index contributed by atoms with van der Waals surface area (Å²) < 4.78 is 16.0. The van der Waals surface area contributed by atoms with Gasteiger partial charge in [-0.05, 0) is 41.0 Å². The highest BCUT2D eigenvalue weighted by molar-refractivity contribution is 6.13. The van der Waals surface area contributed by atoms with Gasteiger partial charge in [0.05, 0.1) is 27.4 Å². The third-order valence-corrected chi connectivity index (χ3v) is 6.61. The maximum absolute atomic E-state index is 13.7. The summed E-state index contributed by atoms with van der Waals surface area (Å²) >= 11 is 0. The number of amides is 2. The molecule has 4 rings (SSSR count). The summed E-state index contributed by atoms with van der Waals surface area (Å²) in [5, 5.41) is 11.7. The van der Waals surface area contributed by atoms with Crippen molar-refractivity contribution in [2.45, 2.75) is 31.8 Å². The van der Waals surface area contributed by atoms with Crippen molar-refractivity contribution in [2.75, 3.05) is 27.4 Å². The fraction of sp³-hybridized carbons (Fsp3) is 0.300. The molecule has 0 aromatic heterocycles. The highest BCUT2D eigenvalue weighted by Gasteiger charge is 2.56. The molecule has 0 spiro atoms. The van der Waals surface area contributed by atoms with Crippen molar-refractivity contribution >= 4 is 17.6 Å². The highest BCUT2D eigenvalue weighted by atomic mass is 16.5. The minimum Gasteiger partial charge on any atom is -0.497 e. The Morgan fingerprint density at radius 3 is 1.95 bits per heavy atom. The van der Waals surface area contributed by atoms with E-state index in [9.17, 15) is 19.5 Å². The van der Waals surface area contributed by atoms with Crippen LogP contribution in [0.15, 0.2) is 78.9 Å². The van der Waals surface area contributed by atoms with Crippen LogP contribution in [-0.2, 0) is 38.8 Å². The van der Waals surface area contributed by atoms with Crippen LogP contribution in [0.3, 0.4) is 0 Å². The molecular weight excluding hydrogens is 500 g/mol. The summed E-state index contributed by atoms with van der Waals surface area (Å²) in [6.07, 6.45) is -0.252. The number of aliphatic hydroxyl groups is 1. The van der Waals surface area contributed by atoms with Gasteiger partial charge in [-0.1, -0.05) is 54.6 Å². The summed E-state index contributed by atoms with van der Waals surface area (Å²) in [5.41, 5.74) is -0.384. The summed E-state index contributed by atoms with van der Waals surface area (Å²) in [6, 6.07) is 23.3. The zero-order valence-electron chi connectivity index (χ0n) is 22.0. The first-order chi connectivity index (χ1) is 18.8. The van der Waals surface area contributed by atoms with Crippen molar-refractivity contribution in [2.24, 2.45) is 0 Å². The first kappa shape index (κ1) is 27.8. The number of hydrogen-bond acceptors (Lipinski definition) is 7. The van der Waals surface area contributed by atoms with Gasteiger partial charge in [0.1, 0.15) is 18.0 Å². The van der Waals surface area contributed by atoms with Gasteiger partial charge in [0.2, 0.25) is 5.91 Å². The van der Waals surface area contributed by atoms with E-state index < -0.39 is 23.3 Å². The molecule has 1 N–H and O–H groups in total. The SMILES string of the molecule is COc1ccc(CN2CC(=O)N(Cc3ccc(OC)cc3)C(O)(C(=O)CCOCc3ccccc3)C2=O)cc1. The Hall–Kier alpha value is -4.21. The van der Waals surface area contributed by atoms with Gasteiger partial charge in [0.15, 0.2) is 5.78 Å². The molecule has 1 aliphatic heterocycles. The summed E-state index contributed by atoms with van der Waals surface area (Å²) in [6.45, 7) is -0.102. The minimum absolute atomic E-state index is 0.0215. The van der Waals surface area contributed by atoms with Gasteiger partial charge in [-0.25, -0.2) is 0 Å². The van der Waals surface area contributed by atoms with Crippen molar-refractivity contribution in [3.8, 4) is 11.5 Å². The third-order valence-electron chi connectivity index (χ3n) is 6.61. The number of carbonyl (C=O) groups is 3. The lowest BCUT2D eigenvalue weighted by Crippen LogP contribution is -2.71. The van der Waals surface area contributed by atoms with Crippen LogP contribution < -0.4 is 9.47 Å². The molecule has 0 saturated carbocycles. The summed E-state index contributed by atoms with van der Waals surface area (Å²) in [7, 11) is 3.09. The van der Waals surface area contributed by atoms with E-state index in [1.54, 1.807) is 55.6 Å². The Morgan fingerprint density at radius 2 is 1.38 bits per heavy atom. The van der Waals surface area contributed by atoms with Crippen molar-refractivity contribution < 1.29 is 33.7 Å². The van der Waals surface area contributed by atoms with E-state index in [4.69, 9.17) is 14.2 Å². The van der Waals surface area contributed by atoms with E-state index in [0.717, 1.165) is 16.0 Å². The molecule has 2 amide bonds. The second-order valence-electron chi connectivity index (χ2n) is 9.22. The second kappa shape index (κ2) is 12.6. The zero-order valence-corrected chi connectivity index (χ0v) is 22.0. The Labute approximate surface area is 227 Å². The number of Topliss-reactive ketones (excluding diaryl/α,β-unsaturated/α-hetero) is 1. The lowest BCUT2D eigenvalue weighted by atomic mass is 9.97. The predicted octanol–water partition coefficient (Wildman–Crippen LogP) is 2.94. The molecule has 3 aromatic carbocycles. The predicted molar refractivity (Wildman–Crippen MR) is 143 cm³/mol. The molecule has 1 saturated heterocycles. The van der Waals surface area contributed by atoms with Crippen LogP contribution in [0, 0.1) is 0 Å². The van der Waals surface area contributed by atoms with Gasteiger partial charge in [-0.3, -0.25) is 19.3 Å². The van der Waals surface area contributed by atoms with Crippen molar-refractivity contribution in [3.05, 3.63) is 95.6 Å². The van der Waals surface area contributed by atoms with Crippen LogP contribution >= 0.6 is 0 Å². The Morgan fingerprint density at radius 1 is 0.821 bits per heavy atom. The average Bonchev–Trinajstić information content (AvgIpc) is 2.97. The topological polar surface area (TPSA) is 106 Å². The number of ether oxygens (including phenoxy) is 3. The molecule has 1 aliphatic rings. The van der Waals surface area contributed by atoms with Gasteiger partial charge in [0.25, 0.3) is 11.6 Å². The molecule has 0 radical (unpaired) electrons. The summed E-state index contributed by atoms with van der Waals surface area (Å²) in [4.78, 5) is 42.7. The van der Waals surface area contributed by atoms with Crippen molar-refractivity contribution in [1.82, 2.24) is 9.80 Å². The van der Waals surface area contributed by atoms with Gasteiger partial charge >= 0.3 is 0 Å². The van der Waals surface area contributed by atoms with E-state index in [1.165, 1.54) is 12.0 Å². The van der Waals surface area contributed by atoms with Crippen LogP contribution in [0.25, 0.3) is 0 Å².